The second-order valence-corrected chi connectivity index (χ2v) is 17.8. The molecular weight excluding hydrogens is 597 g/mol. The lowest BCUT2D eigenvalue weighted by atomic mass is 9.86. The molecule has 0 amide bonds. The summed E-state index contributed by atoms with van der Waals surface area (Å²) >= 11 is 0.777. The third kappa shape index (κ3) is 5.79. The third-order valence-corrected chi connectivity index (χ3v) is 14.7. The Morgan fingerprint density at radius 3 is 2.27 bits per heavy atom. The number of nitrogens with two attached hydrogens (primary N) is 1. The molecule has 0 saturated carbocycles. The van der Waals surface area contributed by atoms with E-state index in [4.69, 9.17) is 14.9 Å². The molecule has 44 heavy (non-hydrogen) atoms. The Balaban J connectivity index is 1.61. The Morgan fingerprint density at radius 1 is 1.16 bits per heavy atom. The van der Waals surface area contributed by atoms with E-state index in [1.165, 1.54) is 4.57 Å². The molecule has 234 valence electrons. The smallest absolute Gasteiger partial charge is 0.311 e. The van der Waals surface area contributed by atoms with E-state index in [2.05, 4.69) is 61.9 Å². The summed E-state index contributed by atoms with van der Waals surface area (Å²) in [5.41, 5.74) is 5.51. The summed E-state index contributed by atoms with van der Waals surface area (Å²) in [6, 6.07) is 20.7. The number of benzene rings is 2. The van der Waals surface area contributed by atoms with Crippen LogP contribution in [0.2, 0.25) is 5.04 Å². The molecule has 12 heteroatoms. The average Bonchev–Trinajstić information content (AvgIpc) is 3.54. The van der Waals surface area contributed by atoms with Gasteiger partial charge in [-0.2, -0.15) is 4.98 Å². The van der Waals surface area contributed by atoms with Crippen molar-refractivity contribution in [3.63, 3.8) is 0 Å². The first-order chi connectivity index (χ1) is 20.9. The van der Waals surface area contributed by atoms with E-state index >= 15 is 0 Å². The van der Waals surface area contributed by atoms with Crippen molar-refractivity contribution in [2.45, 2.75) is 77.4 Å². The predicted octanol–water partition coefficient (Wildman–Crippen LogP) is 4.10. The number of aromatic nitrogens is 3. The van der Waals surface area contributed by atoms with Crippen molar-refractivity contribution in [1.29, 1.82) is 0 Å². The minimum atomic E-state index is -2.95. The van der Waals surface area contributed by atoms with E-state index in [-0.39, 0.29) is 45.7 Å². The molecule has 0 aliphatic carbocycles. The van der Waals surface area contributed by atoms with Crippen LogP contribution in [0.5, 0.6) is 0 Å². The summed E-state index contributed by atoms with van der Waals surface area (Å²) in [5.74, 6) is -1.74. The van der Waals surface area contributed by atoms with Gasteiger partial charge in [-0.3, -0.25) is 23.9 Å². The number of anilines is 1. The maximum atomic E-state index is 13.4. The van der Waals surface area contributed by atoms with Gasteiger partial charge in [-0.25, -0.2) is 0 Å². The van der Waals surface area contributed by atoms with Gasteiger partial charge in [0.05, 0.1) is 12.2 Å². The number of ether oxygens (including phenoxy) is 1. The van der Waals surface area contributed by atoms with Crippen LogP contribution in [0.1, 0.15) is 60.1 Å². The Hall–Kier alpha value is -3.58. The second-order valence-electron chi connectivity index (χ2n) is 12.6. The van der Waals surface area contributed by atoms with Crippen LogP contribution in [0.15, 0.2) is 70.3 Å². The number of carboxylic acids is 1. The van der Waals surface area contributed by atoms with Crippen molar-refractivity contribution in [2.75, 3.05) is 5.73 Å². The number of carboxylic acid groups (broad SMARTS) is 1. The zero-order chi connectivity index (χ0) is 31.8. The number of nitrogens with one attached hydrogen (secondary N) is 1. The molecule has 4 N–H and O–H groups in total. The fraction of sp³-hybridized carbons (Fsp3) is 0.438. The summed E-state index contributed by atoms with van der Waals surface area (Å²) < 4.78 is 15.7. The van der Waals surface area contributed by atoms with E-state index in [1.807, 2.05) is 43.3 Å². The van der Waals surface area contributed by atoms with Gasteiger partial charge >= 0.3 is 10.8 Å². The number of aromatic amines is 1. The van der Waals surface area contributed by atoms with Crippen LogP contribution in [0.4, 0.5) is 5.95 Å². The lowest BCUT2D eigenvalue weighted by molar-refractivity contribution is -0.138. The van der Waals surface area contributed by atoms with Crippen molar-refractivity contribution in [3.8, 4) is 0 Å². The molecule has 5 rings (SSSR count). The lowest BCUT2D eigenvalue weighted by Crippen LogP contribution is -2.68. The minimum Gasteiger partial charge on any atom is -0.481 e. The van der Waals surface area contributed by atoms with Crippen LogP contribution in [-0.2, 0) is 14.0 Å². The van der Waals surface area contributed by atoms with Gasteiger partial charge < -0.3 is 20.0 Å². The highest BCUT2D eigenvalue weighted by atomic mass is 32.1. The largest absolute Gasteiger partial charge is 0.481 e. The molecule has 2 aromatic carbocycles. The fourth-order valence-electron chi connectivity index (χ4n) is 6.66. The van der Waals surface area contributed by atoms with Gasteiger partial charge in [-0.05, 0) is 34.2 Å². The quantitative estimate of drug-likeness (QED) is 0.220. The molecule has 0 unspecified atom stereocenters. The van der Waals surface area contributed by atoms with Crippen LogP contribution in [0.25, 0.3) is 10.3 Å². The van der Waals surface area contributed by atoms with Gasteiger partial charge in [0, 0.05) is 12.3 Å². The Kier molecular flexibility index (Phi) is 8.99. The van der Waals surface area contributed by atoms with E-state index in [9.17, 15) is 19.5 Å². The monoisotopic (exact) mass is 636 g/mol. The number of hydrogen-bond donors (Lipinski definition) is 3. The molecule has 2 aromatic heterocycles. The molecule has 5 atom stereocenters. The molecular formula is C32H40N4O6SSi. The Bertz CT molecular complexity index is 1690. The summed E-state index contributed by atoms with van der Waals surface area (Å²) in [6.45, 7) is 10.6. The normalized spacial score (nSPS) is 20.5. The van der Waals surface area contributed by atoms with Crippen molar-refractivity contribution in [2.24, 2.45) is 11.8 Å². The van der Waals surface area contributed by atoms with Crippen LogP contribution in [0.3, 0.4) is 0 Å². The first-order valence-corrected chi connectivity index (χ1v) is 17.7. The van der Waals surface area contributed by atoms with E-state index in [1.54, 1.807) is 0 Å². The van der Waals surface area contributed by atoms with Gasteiger partial charge in [-0.15, -0.1) is 0 Å². The first-order valence-electron chi connectivity index (χ1n) is 14.9. The summed E-state index contributed by atoms with van der Waals surface area (Å²) in [7, 11) is -2.95. The van der Waals surface area contributed by atoms with Gasteiger partial charge in [-0.1, -0.05) is 107 Å². The molecule has 0 radical (unpaired) electrons. The number of thiazole rings is 1. The first kappa shape index (κ1) is 31.8. The lowest BCUT2D eigenvalue weighted by Gasteiger charge is -2.46. The van der Waals surface area contributed by atoms with E-state index in [0.717, 1.165) is 21.7 Å². The number of nitrogens with zero attached hydrogens (tertiary/aromatic N) is 2. The number of nitrogen functional groups attached to an aromatic ring is 1. The van der Waals surface area contributed by atoms with Crippen molar-refractivity contribution < 1.29 is 19.1 Å². The molecule has 10 nitrogen and oxygen atoms in total. The molecule has 0 bridgehead atoms. The highest BCUT2D eigenvalue weighted by Gasteiger charge is 2.53. The van der Waals surface area contributed by atoms with Crippen molar-refractivity contribution >= 4 is 52.3 Å². The highest BCUT2D eigenvalue weighted by molar-refractivity contribution is 7.16. The maximum Gasteiger partial charge on any atom is 0.311 e. The maximum absolute atomic E-state index is 13.4. The fourth-order valence-corrected chi connectivity index (χ4v) is 12.3. The van der Waals surface area contributed by atoms with Gasteiger partial charge in [0.1, 0.15) is 10.9 Å². The summed E-state index contributed by atoms with van der Waals surface area (Å²) in [5, 5.41) is 11.7. The van der Waals surface area contributed by atoms with E-state index in [0.29, 0.717) is 12.8 Å². The Labute approximate surface area is 261 Å². The van der Waals surface area contributed by atoms with Gasteiger partial charge in [0.2, 0.25) is 5.95 Å². The molecule has 1 aliphatic heterocycles. The van der Waals surface area contributed by atoms with Crippen LogP contribution in [-0.4, -0.2) is 46.1 Å². The van der Waals surface area contributed by atoms with Gasteiger partial charge in [0.25, 0.3) is 13.9 Å². The van der Waals surface area contributed by atoms with Gasteiger partial charge in [0.15, 0.2) is 5.65 Å². The van der Waals surface area contributed by atoms with E-state index < -0.39 is 37.1 Å². The number of aliphatic carboxylic acids is 1. The molecule has 0 spiro atoms. The number of H-pyrrole nitrogens is 1. The third-order valence-electron chi connectivity index (χ3n) is 8.72. The van der Waals surface area contributed by atoms with Crippen LogP contribution < -0.4 is 26.5 Å². The SMILES string of the molecule is CC[C@H](O[Si](c1ccccc1)(c1ccccc1)C(C)(C)C)[C@@H]1C[C@@H]([C@H](C)CC(=O)O)[C@H](n2c(=O)sc3c(=O)[nH]c(N)nc32)O1. The van der Waals surface area contributed by atoms with Crippen molar-refractivity contribution in [1.82, 2.24) is 14.5 Å². The predicted molar refractivity (Wildman–Crippen MR) is 175 cm³/mol. The number of fused-ring (bicyclic) bond motifs is 1. The minimum absolute atomic E-state index is 0.101. The standard InChI is InChI=1S/C32H40N4O6SSi/c1-6-23(42-44(32(3,4)5,20-13-9-7-10-14-20)21-15-11-8-12-16-21)24-18-22(19(2)17-25(37)38)29(41-24)36-27-26(43-31(36)40)28(39)35-30(33)34-27/h7-16,19,22-24,29H,6,17-18H2,1-5H3,(H,37,38)(H3,33,34,35,39)/t19-,22+,23+,24+,29-/m1/s1. The second kappa shape index (κ2) is 12.4. The molecule has 1 aliphatic rings. The summed E-state index contributed by atoms with van der Waals surface area (Å²) in [6.07, 6.45) is -0.663. The van der Waals surface area contributed by atoms with Crippen LogP contribution in [0, 0.1) is 11.8 Å². The summed E-state index contributed by atoms with van der Waals surface area (Å²) in [4.78, 5) is 44.1. The molecule has 4 aromatic rings. The Morgan fingerprint density at radius 2 is 1.75 bits per heavy atom. The zero-order valence-electron chi connectivity index (χ0n) is 25.7. The molecule has 3 heterocycles. The molecule has 1 saturated heterocycles. The zero-order valence-corrected chi connectivity index (χ0v) is 27.5. The number of rotatable bonds is 10. The van der Waals surface area contributed by atoms with Crippen LogP contribution >= 0.6 is 11.3 Å². The van der Waals surface area contributed by atoms with Crippen molar-refractivity contribution in [3.05, 3.63) is 80.7 Å². The average molecular weight is 637 g/mol. The number of hydrogen-bond acceptors (Lipinski definition) is 8. The molecule has 1 fully saturated rings. The topological polar surface area (TPSA) is 150 Å². The highest BCUT2D eigenvalue weighted by Crippen LogP contribution is 2.45. The number of carbonyl (C=O) groups is 1.